The van der Waals surface area contributed by atoms with Gasteiger partial charge in [0.05, 0.1) is 0 Å². The standard InChI is InChI=1S/C13H21NO6S/c1-9(2)13(17)10(21(18,19)20)5-3-4-8-14-11(15)6-7-12(14)16/h6-7,9-11,15H,3-5,8H2,1-2H3,(H,18,19,20). The van der Waals surface area contributed by atoms with Gasteiger partial charge in [0.2, 0.25) is 5.91 Å². The second kappa shape index (κ2) is 7.15. The van der Waals surface area contributed by atoms with Crippen molar-refractivity contribution in [2.45, 2.75) is 44.6 Å². The Morgan fingerprint density at radius 3 is 2.43 bits per heavy atom. The van der Waals surface area contributed by atoms with Gasteiger partial charge in [-0.3, -0.25) is 14.1 Å². The van der Waals surface area contributed by atoms with Crippen LogP contribution in [0.25, 0.3) is 0 Å². The Kier molecular flexibility index (Phi) is 6.06. The molecule has 0 saturated carbocycles. The van der Waals surface area contributed by atoms with Crippen molar-refractivity contribution in [2.75, 3.05) is 6.54 Å². The first kappa shape index (κ1) is 17.8. The number of rotatable bonds is 8. The minimum atomic E-state index is -4.42. The van der Waals surface area contributed by atoms with Crippen molar-refractivity contribution < 1.29 is 27.7 Å². The minimum Gasteiger partial charge on any atom is -0.370 e. The molecule has 0 aromatic carbocycles. The molecular weight excluding hydrogens is 298 g/mol. The predicted molar refractivity (Wildman–Crippen MR) is 75.9 cm³/mol. The molecule has 0 bridgehead atoms. The highest BCUT2D eigenvalue weighted by Gasteiger charge is 2.32. The highest BCUT2D eigenvalue weighted by molar-refractivity contribution is 7.87. The van der Waals surface area contributed by atoms with Crippen LogP contribution in [0.15, 0.2) is 12.2 Å². The summed E-state index contributed by atoms with van der Waals surface area (Å²) in [7, 11) is -4.42. The van der Waals surface area contributed by atoms with Gasteiger partial charge in [-0.05, 0) is 25.3 Å². The molecule has 2 atom stereocenters. The normalized spacial score (nSPS) is 20.3. The van der Waals surface area contributed by atoms with E-state index in [0.29, 0.717) is 12.8 Å². The molecule has 2 unspecified atom stereocenters. The van der Waals surface area contributed by atoms with Crippen LogP contribution in [0.2, 0.25) is 0 Å². The largest absolute Gasteiger partial charge is 0.370 e. The summed E-state index contributed by atoms with van der Waals surface area (Å²) in [6.45, 7) is 3.41. The van der Waals surface area contributed by atoms with E-state index in [4.69, 9.17) is 4.55 Å². The van der Waals surface area contributed by atoms with Gasteiger partial charge in [0, 0.05) is 18.5 Å². The average Bonchev–Trinajstić information content (AvgIpc) is 2.67. The number of aliphatic hydroxyl groups excluding tert-OH is 1. The van der Waals surface area contributed by atoms with Crippen LogP contribution in [0.1, 0.15) is 33.1 Å². The minimum absolute atomic E-state index is 0.00139. The number of nitrogens with zero attached hydrogens (tertiary/aromatic N) is 1. The SMILES string of the molecule is CC(C)C(=O)C(CCCCN1C(=O)C=CC1O)S(=O)(=O)O. The monoisotopic (exact) mass is 319 g/mol. The number of Topliss-reactive ketones (excluding diaryl/α,β-unsaturated/α-hetero) is 1. The third-order valence-electron chi connectivity index (χ3n) is 3.37. The number of unbranched alkanes of at least 4 members (excludes halogenated alkanes) is 1. The van der Waals surface area contributed by atoms with Crippen molar-refractivity contribution in [3.63, 3.8) is 0 Å². The Balaban J connectivity index is 2.48. The topological polar surface area (TPSA) is 112 Å². The molecule has 0 aromatic heterocycles. The van der Waals surface area contributed by atoms with E-state index >= 15 is 0 Å². The average molecular weight is 319 g/mol. The second-order valence-electron chi connectivity index (χ2n) is 5.36. The zero-order chi connectivity index (χ0) is 16.2. The molecule has 1 rings (SSSR count). The van der Waals surface area contributed by atoms with Gasteiger partial charge in [-0.2, -0.15) is 8.42 Å². The van der Waals surface area contributed by atoms with Gasteiger partial charge in [-0.15, -0.1) is 0 Å². The lowest BCUT2D eigenvalue weighted by Crippen LogP contribution is -2.35. The summed E-state index contributed by atoms with van der Waals surface area (Å²) in [6, 6.07) is 0. The maximum atomic E-state index is 11.8. The van der Waals surface area contributed by atoms with Crippen LogP contribution in [-0.4, -0.2) is 52.7 Å². The zero-order valence-electron chi connectivity index (χ0n) is 12.1. The summed E-state index contributed by atoms with van der Waals surface area (Å²) < 4.78 is 31.6. The number of hydrogen-bond donors (Lipinski definition) is 2. The number of carbonyl (C=O) groups excluding carboxylic acids is 2. The first-order valence-corrected chi connectivity index (χ1v) is 8.31. The molecule has 0 radical (unpaired) electrons. The van der Waals surface area contributed by atoms with E-state index in [-0.39, 0.29) is 18.9 Å². The number of hydrogen-bond acceptors (Lipinski definition) is 5. The number of carbonyl (C=O) groups is 2. The lowest BCUT2D eigenvalue weighted by atomic mass is 10.0. The molecule has 1 amide bonds. The Morgan fingerprint density at radius 2 is 2.00 bits per heavy atom. The fourth-order valence-corrected chi connectivity index (χ4v) is 3.19. The fraction of sp³-hybridized carbons (Fsp3) is 0.692. The van der Waals surface area contributed by atoms with E-state index in [9.17, 15) is 23.1 Å². The van der Waals surface area contributed by atoms with Gasteiger partial charge in [-0.25, -0.2) is 0 Å². The fourth-order valence-electron chi connectivity index (χ4n) is 2.16. The number of amides is 1. The quantitative estimate of drug-likeness (QED) is 0.493. The predicted octanol–water partition coefficient (Wildman–Crippen LogP) is 0.355. The molecule has 120 valence electrons. The molecule has 7 nitrogen and oxygen atoms in total. The van der Waals surface area contributed by atoms with Crippen molar-refractivity contribution in [3.05, 3.63) is 12.2 Å². The Morgan fingerprint density at radius 1 is 1.38 bits per heavy atom. The van der Waals surface area contributed by atoms with E-state index in [1.807, 2.05) is 0 Å². The lowest BCUT2D eigenvalue weighted by molar-refractivity contribution is -0.131. The van der Waals surface area contributed by atoms with Crippen LogP contribution in [-0.2, 0) is 19.7 Å². The maximum absolute atomic E-state index is 11.8. The number of aliphatic hydroxyl groups is 1. The Hall–Kier alpha value is -1.25. The Bertz CT molecular complexity index is 525. The maximum Gasteiger partial charge on any atom is 0.274 e. The van der Waals surface area contributed by atoms with Gasteiger partial charge in [0.15, 0.2) is 5.78 Å². The van der Waals surface area contributed by atoms with E-state index in [0.717, 1.165) is 0 Å². The summed E-state index contributed by atoms with van der Waals surface area (Å²) >= 11 is 0. The van der Waals surface area contributed by atoms with Gasteiger partial charge < -0.3 is 10.0 Å². The second-order valence-corrected chi connectivity index (χ2v) is 6.96. The molecule has 0 aromatic rings. The molecular formula is C13H21NO6S. The number of ketones is 1. The first-order valence-electron chi connectivity index (χ1n) is 6.81. The summed E-state index contributed by atoms with van der Waals surface area (Å²) in [5.74, 6) is -1.30. The summed E-state index contributed by atoms with van der Waals surface area (Å²) in [6.07, 6.45) is 2.47. The van der Waals surface area contributed by atoms with Crippen LogP contribution in [0.5, 0.6) is 0 Å². The lowest BCUT2D eigenvalue weighted by Gasteiger charge is -2.21. The summed E-state index contributed by atoms with van der Waals surface area (Å²) in [4.78, 5) is 24.4. The molecule has 21 heavy (non-hydrogen) atoms. The molecule has 8 heteroatoms. The van der Waals surface area contributed by atoms with E-state index < -0.39 is 33.3 Å². The summed E-state index contributed by atoms with van der Waals surface area (Å²) in [5.41, 5.74) is 0. The van der Waals surface area contributed by atoms with Gasteiger partial charge in [0.1, 0.15) is 11.5 Å². The van der Waals surface area contributed by atoms with Crippen molar-refractivity contribution in [1.82, 2.24) is 4.90 Å². The molecule has 0 saturated heterocycles. The molecule has 2 N–H and O–H groups in total. The first-order chi connectivity index (χ1) is 9.64. The van der Waals surface area contributed by atoms with Crippen LogP contribution in [0.3, 0.4) is 0 Å². The third-order valence-corrected chi connectivity index (χ3v) is 4.56. The highest BCUT2D eigenvalue weighted by Crippen LogP contribution is 2.16. The Labute approximate surface area is 124 Å². The molecule has 1 aliphatic heterocycles. The van der Waals surface area contributed by atoms with Crippen molar-refractivity contribution in [1.29, 1.82) is 0 Å². The van der Waals surface area contributed by atoms with Gasteiger partial charge in [0.25, 0.3) is 10.1 Å². The van der Waals surface area contributed by atoms with Gasteiger partial charge in [-0.1, -0.05) is 13.8 Å². The van der Waals surface area contributed by atoms with E-state index in [1.54, 1.807) is 13.8 Å². The van der Waals surface area contributed by atoms with E-state index in [2.05, 4.69) is 0 Å². The van der Waals surface area contributed by atoms with Crippen molar-refractivity contribution in [2.24, 2.45) is 5.92 Å². The van der Waals surface area contributed by atoms with E-state index in [1.165, 1.54) is 17.1 Å². The molecule has 0 spiro atoms. The van der Waals surface area contributed by atoms with Crippen LogP contribution in [0, 0.1) is 5.92 Å². The third kappa shape index (κ3) is 4.90. The highest BCUT2D eigenvalue weighted by atomic mass is 32.2. The molecule has 1 aliphatic rings. The van der Waals surface area contributed by atoms with Crippen LogP contribution in [0.4, 0.5) is 0 Å². The van der Waals surface area contributed by atoms with Crippen molar-refractivity contribution >= 4 is 21.8 Å². The van der Waals surface area contributed by atoms with Gasteiger partial charge >= 0.3 is 0 Å². The molecule has 0 aliphatic carbocycles. The summed E-state index contributed by atoms with van der Waals surface area (Å²) in [5, 5.41) is 8.06. The molecule has 0 fully saturated rings. The van der Waals surface area contributed by atoms with Crippen molar-refractivity contribution in [3.8, 4) is 0 Å². The smallest absolute Gasteiger partial charge is 0.274 e. The van der Waals surface area contributed by atoms with Crippen LogP contribution >= 0.6 is 0 Å². The molecule has 1 heterocycles. The van der Waals surface area contributed by atoms with Crippen LogP contribution < -0.4 is 0 Å². The zero-order valence-corrected chi connectivity index (χ0v) is 12.9.